The lowest BCUT2D eigenvalue weighted by molar-refractivity contribution is 0.0500. The number of nitrogens with zero attached hydrogens (tertiary/aromatic N) is 2. The number of nitrogens with one attached hydrogen (secondary N) is 1. The summed E-state index contributed by atoms with van der Waals surface area (Å²) < 4.78 is 5.22. The standard InChI is InChI=1S/C26H19N3O4/c1-16-10-12-17(13-11-16)24(31)18-6-2-3-7-19(18)26(32)33-15-23(30)20(14-27)25-28-21-8-4-5-9-22(21)29-25/h2-13,30H,15H2,1H3,(H,28,29). The van der Waals surface area contributed by atoms with Gasteiger partial charge in [0, 0.05) is 11.1 Å². The predicted molar refractivity (Wildman–Crippen MR) is 123 cm³/mol. The van der Waals surface area contributed by atoms with Gasteiger partial charge < -0.3 is 14.8 Å². The number of aryl methyl sites for hydroxylation is 1. The third-order valence-corrected chi connectivity index (χ3v) is 5.07. The number of carbonyl (C=O) groups excluding carboxylic acids is 2. The first-order valence-corrected chi connectivity index (χ1v) is 10.1. The first kappa shape index (κ1) is 21.5. The Morgan fingerprint density at radius 3 is 2.36 bits per heavy atom. The summed E-state index contributed by atoms with van der Waals surface area (Å²) in [6.07, 6.45) is 0. The molecular weight excluding hydrogens is 418 g/mol. The third-order valence-electron chi connectivity index (χ3n) is 5.07. The molecule has 162 valence electrons. The Labute approximate surface area is 189 Å². The van der Waals surface area contributed by atoms with Gasteiger partial charge in [0.1, 0.15) is 18.2 Å². The monoisotopic (exact) mass is 437 g/mol. The van der Waals surface area contributed by atoms with E-state index in [1.807, 2.05) is 31.2 Å². The Kier molecular flexibility index (Phi) is 6.00. The number of nitriles is 1. The summed E-state index contributed by atoms with van der Waals surface area (Å²) in [4.78, 5) is 32.9. The lowest BCUT2D eigenvalue weighted by Crippen LogP contribution is -2.14. The van der Waals surface area contributed by atoms with Crippen molar-refractivity contribution in [1.82, 2.24) is 9.97 Å². The minimum Gasteiger partial charge on any atom is -0.507 e. The average Bonchev–Trinajstić information content (AvgIpc) is 3.26. The van der Waals surface area contributed by atoms with Crippen LogP contribution in [0.3, 0.4) is 0 Å². The van der Waals surface area contributed by atoms with Crippen molar-refractivity contribution in [3.63, 3.8) is 0 Å². The highest BCUT2D eigenvalue weighted by Crippen LogP contribution is 2.20. The Morgan fingerprint density at radius 2 is 1.67 bits per heavy atom. The molecule has 1 aromatic heterocycles. The smallest absolute Gasteiger partial charge is 0.339 e. The molecule has 0 amide bonds. The average molecular weight is 437 g/mol. The van der Waals surface area contributed by atoms with Gasteiger partial charge in [0.05, 0.1) is 16.6 Å². The van der Waals surface area contributed by atoms with Crippen molar-refractivity contribution in [3.05, 3.63) is 107 Å². The summed E-state index contributed by atoms with van der Waals surface area (Å²) in [7, 11) is 0. The van der Waals surface area contributed by atoms with E-state index in [1.54, 1.807) is 48.5 Å². The van der Waals surface area contributed by atoms with Crippen molar-refractivity contribution < 1.29 is 19.4 Å². The highest BCUT2D eigenvalue weighted by Gasteiger charge is 2.20. The zero-order valence-corrected chi connectivity index (χ0v) is 17.7. The summed E-state index contributed by atoms with van der Waals surface area (Å²) in [6, 6.07) is 22.4. The highest BCUT2D eigenvalue weighted by molar-refractivity contribution is 6.14. The van der Waals surface area contributed by atoms with E-state index in [2.05, 4.69) is 9.97 Å². The van der Waals surface area contributed by atoms with Crippen molar-refractivity contribution in [2.24, 2.45) is 0 Å². The Hall–Kier alpha value is -4.70. The molecule has 0 atom stereocenters. The molecule has 0 saturated heterocycles. The van der Waals surface area contributed by atoms with Crippen LogP contribution in [0.4, 0.5) is 0 Å². The summed E-state index contributed by atoms with van der Waals surface area (Å²) in [5.41, 5.74) is 2.91. The van der Waals surface area contributed by atoms with Crippen molar-refractivity contribution in [1.29, 1.82) is 5.26 Å². The van der Waals surface area contributed by atoms with Gasteiger partial charge in [0.15, 0.2) is 17.4 Å². The molecule has 7 nitrogen and oxygen atoms in total. The number of benzene rings is 3. The van der Waals surface area contributed by atoms with Gasteiger partial charge in [-0.25, -0.2) is 9.78 Å². The maximum atomic E-state index is 12.9. The Morgan fingerprint density at radius 1 is 1.00 bits per heavy atom. The van der Waals surface area contributed by atoms with E-state index < -0.39 is 18.3 Å². The number of aromatic nitrogens is 2. The molecule has 0 saturated carbocycles. The summed E-state index contributed by atoms with van der Waals surface area (Å²) in [6.45, 7) is 1.37. The number of aliphatic hydroxyl groups excluding tert-OH is 1. The highest BCUT2D eigenvalue weighted by atomic mass is 16.5. The molecule has 0 spiro atoms. The molecule has 4 aromatic rings. The van der Waals surface area contributed by atoms with Crippen LogP contribution < -0.4 is 0 Å². The van der Waals surface area contributed by atoms with Crippen LogP contribution in [0.15, 0.2) is 78.6 Å². The number of rotatable bonds is 6. The van der Waals surface area contributed by atoms with Crippen LogP contribution in [0.1, 0.15) is 37.7 Å². The molecule has 2 N–H and O–H groups in total. The second-order valence-corrected chi connectivity index (χ2v) is 7.35. The lowest BCUT2D eigenvalue weighted by Gasteiger charge is -2.10. The normalized spacial score (nSPS) is 11.5. The second-order valence-electron chi connectivity index (χ2n) is 7.35. The van der Waals surface area contributed by atoms with Crippen LogP contribution >= 0.6 is 0 Å². The number of aromatic amines is 1. The number of esters is 1. The van der Waals surface area contributed by atoms with Crippen LogP contribution in [0, 0.1) is 18.3 Å². The van der Waals surface area contributed by atoms with Crippen LogP contribution in [0.25, 0.3) is 16.6 Å². The molecular formula is C26H19N3O4. The number of imidazole rings is 1. The fourth-order valence-electron chi connectivity index (χ4n) is 3.33. The van der Waals surface area contributed by atoms with Crippen molar-refractivity contribution in [2.75, 3.05) is 6.61 Å². The van der Waals surface area contributed by atoms with E-state index in [-0.39, 0.29) is 28.3 Å². The molecule has 7 heteroatoms. The van der Waals surface area contributed by atoms with E-state index >= 15 is 0 Å². The summed E-state index contributed by atoms with van der Waals surface area (Å²) in [5.74, 6) is -1.39. The molecule has 0 aliphatic carbocycles. The zero-order chi connectivity index (χ0) is 23.4. The van der Waals surface area contributed by atoms with Gasteiger partial charge in [0.25, 0.3) is 0 Å². The van der Waals surface area contributed by atoms with E-state index in [0.29, 0.717) is 16.6 Å². The molecule has 0 bridgehead atoms. The molecule has 0 fully saturated rings. The number of hydrogen-bond acceptors (Lipinski definition) is 6. The number of fused-ring (bicyclic) bond motifs is 1. The number of allylic oxidation sites excluding steroid dienone is 1. The maximum Gasteiger partial charge on any atom is 0.339 e. The molecule has 3 aromatic carbocycles. The zero-order valence-electron chi connectivity index (χ0n) is 17.7. The predicted octanol–water partition coefficient (Wildman–Crippen LogP) is 4.75. The van der Waals surface area contributed by atoms with E-state index in [1.165, 1.54) is 6.07 Å². The van der Waals surface area contributed by atoms with Gasteiger partial charge in [-0.1, -0.05) is 60.2 Å². The minimum atomic E-state index is -0.792. The number of aliphatic hydroxyl groups is 1. The van der Waals surface area contributed by atoms with E-state index in [4.69, 9.17) is 4.74 Å². The topological polar surface area (TPSA) is 116 Å². The lowest BCUT2D eigenvalue weighted by atomic mass is 9.98. The minimum absolute atomic E-state index is 0.0677. The van der Waals surface area contributed by atoms with Gasteiger partial charge in [-0.3, -0.25) is 4.79 Å². The van der Waals surface area contributed by atoms with Crippen LogP contribution in [0.5, 0.6) is 0 Å². The molecule has 1 heterocycles. The molecule has 0 aliphatic rings. The van der Waals surface area contributed by atoms with E-state index in [0.717, 1.165) is 5.56 Å². The molecule has 4 rings (SSSR count). The second kappa shape index (κ2) is 9.20. The maximum absolute atomic E-state index is 12.9. The number of hydrogen-bond donors (Lipinski definition) is 2. The first-order chi connectivity index (χ1) is 16.0. The molecule has 0 unspecified atom stereocenters. The fourth-order valence-corrected chi connectivity index (χ4v) is 3.33. The quantitative estimate of drug-likeness (QED) is 0.195. The number of ether oxygens (including phenoxy) is 1. The van der Waals surface area contributed by atoms with Gasteiger partial charge in [0.2, 0.25) is 0 Å². The molecule has 33 heavy (non-hydrogen) atoms. The van der Waals surface area contributed by atoms with Crippen LogP contribution in [-0.2, 0) is 4.74 Å². The Bertz CT molecular complexity index is 1390. The van der Waals surface area contributed by atoms with Crippen molar-refractivity contribution in [3.8, 4) is 6.07 Å². The van der Waals surface area contributed by atoms with Gasteiger partial charge in [-0.15, -0.1) is 0 Å². The number of ketones is 1. The molecule has 0 aliphatic heterocycles. The van der Waals surface area contributed by atoms with E-state index in [9.17, 15) is 20.0 Å². The number of para-hydroxylation sites is 2. The third kappa shape index (κ3) is 4.50. The van der Waals surface area contributed by atoms with Gasteiger partial charge in [-0.2, -0.15) is 5.26 Å². The summed E-state index contributed by atoms with van der Waals surface area (Å²) >= 11 is 0. The molecule has 0 radical (unpaired) electrons. The van der Waals surface area contributed by atoms with Gasteiger partial charge >= 0.3 is 5.97 Å². The largest absolute Gasteiger partial charge is 0.507 e. The number of H-pyrrole nitrogens is 1. The first-order valence-electron chi connectivity index (χ1n) is 10.1. The van der Waals surface area contributed by atoms with Crippen molar-refractivity contribution >= 4 is 28.4 Å². The van der Waals surface area contributed by atoms with Crippen LogP contribution in [0.2, 0.25) is 0 Å². The van der Waals surface area contributed by atoms with Crippen molar-refractivity contribution in [2.45, 2.75) is 6.92 Å². The fraction of sp³-hybridized carbons (Fsp3) is 0.0769. The SMILES string of the molecule is Cc1ccc(C(=O)c2ccccc2C(=O)OCC(O)=C(C#N)c2nc3ccccc3[nH]2)cc1. The Balaban J connectivity index is 1.55. The summed E-state index contributed by atoms with van der Waals surface area (Å²) in [5, 5.41) is 19.9. The van der Waals surface area contributed by atoms with Crippen LogP contribution in [-0.4, -0.2) is 33.4 Å². The van der Waals surface area contributed by atoms with Gasteiger partial charge in [-0.05, 0) is 25.1 Å². The number of carbonyl (C=O) groups is 2.